The minimum atomic E-state index is -3.69. The van der Waals surface area contributed by atoms with Gasteiger partial charge in [0.1, 0.15) is 11.1 Å². The van der Waals surface area contributed by atoms with Crippen LogP contribution in [0.2, 0.25) is 0 Å². The van der Waals surface area contributed by atoms with Crippen molar-refractivity contribution in [3.05, 3.63) is 66.0 Å². The maximum absolute atomic E-state index is 13.8. The van der Waals surface area contributed by atoms with Crippen LogP contribution in [0, 0.1) is 5.82 Å². The Bertz CT molecular complexity index is 763. The smallest absolute Gasteiger partial charge is 0.251 e. The Kier molecular flexibility index (Phi) is 5.20. The number of benzene rings is 2. The monoisotopic (exact) mass is 339 g/mol. The highest BCUT2D eigenvalue weighted by Gasteiger charge is 2.25. The van der Waals surface area contributed by atoms with Crippen molar-refractivity contribution < 1.29 is 17.6 Å². The van der Waals surface area contributed by atoms with Crippen LogP contribution in [0.15, 0.2) is 59.5 Å². The van der Waals surface area contributed by atoms with Gasteiger partial charge in [-0.05, 0) is 17.7 Å². The molecule has 0 radical (unpaired) electrons. The van der Waals surface area contributed by atoms with E-state index < -0.39 is 27.0 Å². The van der Waals surface area contributed by atoms with Gasteiger partial charge in [-0.3, -0.25) is 9.52 Å². The van der Waals surface area contributed by atoms with E-state index in [4.69, 9.17) is 0 Å². The Morgan fingerprint density at radius 2 is 1.68 bits per heavy atom. The number of hydrogen-bond acceptors (Lipinski definition) is 4. The first-order chi connectivity index (χ1) is 10.4. The minimum Gasteiger partial charge on any atom is -0.272 e. The first-order valence-corrected chi connectivity index (χ1v) is 9.12. The summed E-state index contributed by atoms with van der Waals surface area (Å²) in [5, 5.41) is -0.868. The summed E-state index contributed by atoms with van der Waals surface area (Å²) in [4.78, 5) is 12.5. The second-order valence-corrected chi connectivity index (χ2v) is 7.47. The molecule has 0 fully saturated rings. The first-order valence-electron chi connectivity index (χ1n) is 6.34. The predicted octanol–water partition coefficient (Wildman–Crippen LogP) is 2.73. The van der Waals surface area contributed by atoms with Gasteiger partial charge in [0.05, 0.1) is 6.26 Å². The summed E-state index contributed by atoms with van der Waals surface area (Å²) in [6, 6.07) is 14.7. The van der Waals surface area contributed by atoms with E-state index in [0.717, 1.165) is 18.0 Å². The molecule has 1 amide bonds. The zero-order valence-electron chi connectivity index (χ0n) is 11.7. The molecule has 0 saturated heterocycles. The fourth-order valence-corrected chi connectivity index (χ4v) is 3.41. The molecular weight excluding hydrogens is 325 g/mol. The maximum atomic E-state index is 13.8. The summed E-state index contributed by atoms with van der Waals surface area (Å²) < 4.78 is 38.3. The van der Waals surface area contributed by atoms with Crippen LogP contribution in [-0.4, -0.2) is 20.6 Å². The lowest BCUT2D eigenvalue weighted by atomic mass is 10.1. The molecule has 0 spiro atoms. The molecule has 0 heterocycles. The van der Waals surface area contributed by atoms with E-state index in [9.17, 15) is 17.6 Å². The third kappa shape index (κ3) is 4.57. The molecule has 2 rings (SSSR count). The lowest BCUT2D eigenvalue weighted by Crippen LogP contribution is -2.32. The molecule has 0 aliphatic rings. The topological polar surface area (TPSA) is 63.2 Å². The third-order valence-electron chi connectivity index (χ3n) is 2.71. The van der Waals surface area contributed by atoms with Gasteiger partial charge in [-0.2, -0.15) is 0 Å². The highest BCUT2D eigenvalue weighted by Crippen LogP contribution is 2.36. The Hall–Kier alpha value is -1.86. The molecule has 4 nitrogen and oxygen atoms in total. The van der Waals surface area contributed by atoms with Crippen LogP contribution in [0.25, 0.3) is 0 Å². The van der Waals surface area contributed by atoms with Crippen LogP contribution in [-0.2, 0) is 14.8 Å². The van der Waals surface area contributed by atoms with Gasteiger partial charge < -0.3 is 0 Å². The van der Waals surface area contributed by atoms with E-state index >= 15 is 0 Å². The van der Waals surface area contributed by atoms with Gasteiger partial charge >= 0.3 is 0 Å². The Morgan fingerprint density at radius 3 is 2.27 bits per heavy atom. The quantitative estimate of drug-likeness (QED) is 0.851. The van der Waals surface area contributed by atoms with Crippen molar-refractivity contribution in [3.63, 3.8) is 0 Å². The van der Waals surface area contributed by atoms with Crippen LogP contribution >= 0.6 is 11.8 Å². The zero-order chi connectivity index (χ0) is 16.2. The number of halogens is 1. The Morgan fingerprint density at radius 1 is 1.09 bits per heavy atom. The summed E-state index contributed by atoms with van der Waals surface area (Å²) in [6.45, 7) is 0. The van der Waals surface area contributed by atoms with Crippen molar-refractivity contribution in [1.82, 2.24) is 4.72 Å². The number of sulfonamides is 1. The normalized spacial score (nSPS) is 12.6. The second-order valence-electron chi connectivity index (χ2n) is 4.58. The summed E-state index contributed by atoms with van der Waals surface area (Å²) in [6.07, 6.45) is 0.903. The summed E-state index contributed by atoms with van der Waals surface area (Å²) >= 11 is 0.966. The maximum Gasteiger partial charge on any atom is 0.251 e. The number of nitrogens with one attached hydrogen (secondary N) is 1. The molecule has 0 aromatic heterocycles. The van der Waals surface area contributed by atoms with Gasteiger partial charge in [0, 0.05) is 4.90 Å². The molecule has 1 atom stereocenters. The molecule has 7 heteroatoms. The van der Waals surface area contributed by atoms with Crippen LogP contribution in [0.1, 0.15) is 10.8 Å². The second kappa shape index (κ2) is 6.93. The molecule has 1 N–H and O–H groups in total. The molecule has 22 heavy (non-hydrogen) atoms. The molecule has 2 aromatic carbocycles. The van der Waals surface area contributed by atoms with Crippen LogP contribution in [0.4, 0.5) is 4.39 Å². The molecule has 0 aliphatic heterocycles. The molecule has 0 saturated carbocycles. The van der Waals surface area contributed by atoms with Crippen molar-refractivity contribution in [2.45, 2.75) is 10.1 Å². The van der Waals surface area contributed by atoms with E-state index in [0.29, 0.717) is 5.56 Å². The van der Waals surface area contributed by atoms with Gasteiger partial charge in [0.25, 0.3) is 5.91 Å². The predicted molar refractivity (Wildman–Crippen MR) is 84.4 cm³/mol. The largest absolute Gasteiger partial charge is 0.272 e. The molecular formula is C15H14FNO3S2. The van der Waals surface area contributed by atoms with E-state index in [2.05, 4.69) is 0 Å². The fourth-order valence-electron chi connectivity index (χ4n) is 1.80. The average molecular weight is 339 g/mol. The van der Waals surface area contributed by atoms with Crippen LogP contribution < -0.4 is 4.72 Å². The summed E-state index contributed by atoms with van der Waals surface area (Å²) in [5.74, 6) is -1.16. The number of carbonyl (C=O) groups excluding carboxylic acids is 1. The number of hydrogen-bond donors (Lipinski definition) is 1. The Labute approximate surface area is 132 Å². The van der Waals surface area contributed by atoms with Crippen molar-refractivity contribution in [2.75, 3.05) is 6.26 Å². The summed E-state index contributed by atoms with van der Waals surface area (Å²) in [7, 11) is -3.69. The number of thioether (sulfide) groups is 1. The van der Waals surface area contributed by atoms with Gasteiger partial charge in [-0.25, -0.2) is 12.8 Å². The van der Waals surface area contributed by atoms with Crippen LogP contribution in [0.3, 0.4) is 0 Å². The Balaban J connectivity index is 2.34. The average Bonchev–Trinajstić information content (AvgIpc) is 2.45. The van der Waals surface area contributed by atoms with Gasteiger partial charge in [-0.15, -0.1) is 11.8 Å². The van der Waals surface area contributed by atoms with Gasteiger partial charge in [-0.1, -0.05) is 42.5 Å². The first kappa shape index (κ1) is 16.5. The van der Waals surface area contributed by atoms with Gasteiger partial charge in [0.2, 0.25) is 10.0 Å². The number of carbonyl (C=O) groups is 1. The van der Waals surface area contributed by atoms with Gasteiger partial charge in [0.15, 0.2) is 0 Å². The third-order valence-corrected chi connectivity index (χ3v) is 4.59. The highest BCUT2D eigenvalue weighted by atomic mass is 32.2. The van der Waals surface area contributed by atoms with Crippen molar-refractivity contribution in [3.8, 4) is 0 Å². The fraction of sp³-hybridized carbons (Fsp3) is 0.133. The van der Waals surface area contributed by atoms with E-state index in [1.54, 1.807) is 48.5 Å². The van der Waals surface area contributed by atoms with Crippen molar-refractivity contribution >= 4 is 27.7 Å². The molecule has 116 valence electrons. The highest BCUT2D eigenvalue weighted by molar-refractivity contribution is 8.00. The van der Waals surface area contributed by atoms with Crippen molar-refractivity contribution in [1.29, 1.82) is 0 Å². The zero-order valence-corrected chi connectivity index (χ0v) is 13.3. The molecule has 0 unspecified atom stereocenters. The molecule has 2 aromatic rings. The SMILES string of the molecule is CS(=O)(=O)NC(=O)[C@H](Sc1ccccc1F)c1ccccc1. The lowest BCUT2D eigenvalue weighted by Gasteiger charge is -2.16. The number of rotatable bonds is 5. The standard InChI is InChI=1S/C15H14FNO3S2/c1-22(19,20)17-15(18)14(11-7-3-2-4-8-11)21-13-10-6-5-9-12(13)16/h2-10,14H,1H3,(H,17,18)/t14-/m1/s1. The van der Waals surface area contributed by atoms with Crippen LogP contribution in [0.5, 0.6) is 0 Å². The van der Waals surface area contributed by atoms with E-state index in [1.807, 2.05) is 4.72 Å². The molecule has 0 bridgehead atoms. The molecule has 0 aliphatic carbocycles. The minimum absolute atomic E-state index is 0.278. The van der Waals surface area contributed by atoms with E-state index in [1.165, 1.54) is 6.07 Å². The summed E-state index contributed by atoms with van der Waals surface area (Å²) in [5.41, 5.74) is 0.594. The lowest BCUT2D eigenvalue weighted by molar-refractivity contribution is -0.118. The van der Waals surface area contributed by atoms with Crippen molar-refractivity contribution in [2.24, 2.45) is 0 Å². The van der Waals surface area contributed by atoms with E-state index in [-0.39, 0.29) is 4.90 Å². The number of amides is 1.